The number of nitrogens with one attached hydrogen (secondary N) is 1. The number of fused-ring (bicyclic) bond motifs is 1. The van der Waals surface area contributed by atoms with Crippen LogP contribution in [-0.2, 0) is 24.2 Å². The number of aromatic nitrogens is 1. The van der Waals surface area contributed by atoms with Crippen LogP contribution in [0, 0.1) is 18.2 Å². The van der Waals surface area contributed by atoms with Gasteiger partial charge < -0.3 is 10.9 Å². The first kappa shape index (κ1) is 26.5. The van der Waals surface area contributed by atoms with Crippen LogP contribution in [-0.4, -0.2) is 9.20 Å². The van der Waals surface area contributed by atoms with Crippen LogP contribution in [0.2, 0.25) is 0 Å². The topological polar surface area (TPSA) is 15.8 Å². The zero-order valence-corrected chi connectivity index (χ0v) is 17.4. The minimum absolute atomic E-state index is 0. The first-order valence-corrected chi connectivity index (χ1v) is 8.21. The van der Waals surface area contributed by atoms with E-state index in [2.05, 4.69) is 54.4 Å². The number of para-hydroxylation sites is 1. The Morgan fingerprint density at radius 3 is 2.14 bits per heavy atom. The summed E-state index contributed by atoms with van der Waals surface area (Å²) in [6.45, 7) is 6.25. The minimum atomic E-state index is 0. The summed E-state index contributed by atoms with van der Waals surface area (Å²) < 4.78 is 3.34. The third-order valence-electron chi connectivity index (χ3n) is 1.98. The van der Waals surface area contributed by atoms with Crippen LogP contribution in [0.5, 0.6) is 0 Å². The fourth-order valence-corrected chi connectivity index (χ4v) is 1.27. The second kappa shape index (κ2) is 18.6. The second-order valence-electron chi connectivity index (χ2n) is 4.50. The molecule has 0 amide bonds. The Labute approximate surface area is 162 Å². The van der Waals surface area contributed by atoms with Crippen LogP contribution < -0.4 is 0 Å². The number of allylic oxidation sites excluding steroid dienone is 4. The molecule has 0 saturated heterocycles. The maximum Gasteiger partial charge on any atom is -0.0745 e. The predicted octanol–water partition coefficient (Wildman–Crippen LogP) is 5.70. The van der Waals surface area contributed by atoms with E-state index >= 15 is 0 Å². The summed E-state index contributed by atoms with van der Waals surface area (Å²) in [7, 11) is 0. The molecule has 0 atom stereocenters. The van der Waals surface area contributed by atoms with E-state index in [-0.39, 0.29) is 24.8 Å². The van der Waals surface area contributed by atoms with Crippen molar-refractivity contribution in [1.82, 2.24) is 4.98 Å². The van der Waals surface area contributed by atoms with Crippen molar-refractivity contribution in [2.75, 3.05) is 0 Å². The molecule has 0 radical (unpaired) electrons. The molecule has 0 spiro atoms. The molecule has 1 aliphatic rings. The Morgan fingerprint density at radius 1 is 1.14 bits per heavy atom. The monoisotopic (exact) mass is 414 g/mol. The van der Waals surface area contributed by atoms with Gasteiger partial charge in [-0.1, -0.05) is 12.1 Å². The molecule has 1 N–H and O–H groups in total. The Kier molecular flexibility index (Phi) is 22.4. The number of aromatic amines is 1. The third-order valence-corrected chi connectivity index (χ3v) is 1.98. The van der Waals surface area contributed by atoms with Crippen molar-refractivity contribution >= 4 is 39.9 Å². The van der Waals surface area contributed by atoms with Crippen molar-refractivity contribution in [2.24, 2.45) is 0 Å². The van der Waals surface area contributed by atoms with Gasteiger partial charge in [0.15, 0.2) is 0 Å². The number of rotatable bonds is 0. The van der Waals surface area contributed by atoms with Gasteiger partial charge in [0.2, 0.25) is 0 Å². The van der Waals surface area contributed by atoms with Crippen molar-refractivity contribution in [3.05, 3.63) is 66.8 Å². The van der Waals surface area contributed by atoms with Gasteiger partial charge in [-0.2, -0.15) is 38.3 Å². The largest absolute Gasteiger partial charge is 0.477 e. The van der Waals surface area contributed by atoms with Gasteiger partial charge in [-0.3, -0.25) is 6.08 Å². The molecular weight excluding hydrogens is 392 g/mol. The molecule has 1 heterocycles. The third kappa shape index (κ3) is 14.5. The molecule has 1 nitrogen and oxygen atoms in total. The van der Waals surface area contributed by atoms with E-state index in [4.69, 9.17) is 0 Å². The SMILES string of the molecule is C[C-](C)C.Cl.Cl.[C-]1=CC=CC1.[CH2]=[Zr].[c-]1cc2ccccc2[nH]1. The summed E-state index contributed by atoms with van der Waals surface area (Å²) in [5, 5.41) is 1.22. The second-order valence-corrected chi connectivity index (χ2v) is 4.50. The van der Waals surface area contributed by atoms with E-state index in [1.54, 1.807) is 0 Å². The average Bonchev–Trinajstić information content (AvgIpc) is 3.15. The quantitative estimate of drug-likeness (QED) is 0.530. The van der Waals surface area contributed by atoms with E-state index in [1.807, 2.05) is 36.4 Å². The summed E-state index contributed by atoms with van der Waals surface area (Å²) in [5.74, 6) is 1.42. The maximum absolute atomic E-state index is 3.34. The molecule has 22 heavy (non-hydrogen) atoms. The standard InChI is InChI=1S/C8H6N.C5H5.C4H9.CH2.2ClH.Zr/c1-2-4-8-7(3-1)5-6-9-8;1-2-4-5-3-1;1-4(2)3;;;;/h1-5,9H;1-3H,4H2;1-3H3;1H2;2*1H;/q3*-1;;;;. The first-order valence-electron chi connectivity index (χ1n) is 6.48. The van der Waals surface area contributed by atoms with Crippen molar-refractivity contribution in [3.8, 4) is 0 Å². The minimum Gasteiger partial charge on any atom is -0.477 e. The van der Waals surface area contributed by atoms with Crippen LogP contribution in [0.4, 0.5) is 0 Å². The van der Waals surface area contributed by atoms with Crippen LogP contribution in [0.25, 0.3) is 10.9 Å². The molecule has 4 heteroatoms. The Balaban J connectivity index is -0.000000243. The molecule has 0 aliphatic heterocycles. The Morgan fingerprint density at radius 2 is 1.73 bits per heavy atom. The zero-order valence-electron chi connectivity index (χ0n) is 13.3. The number of benzene rings is 1. The number of H-pyrrole nitrogens is 1. The summed E-state index contributed by atoms with van der Waals surface area (Å²) >= 11 is 1.30. The number of halogens is 2. The Hall–Kier alpha value is -0.427. The van der Waals surface area contributed by atoms with Crippen LogP contribution in [0.1, 0.15) is 27.2 Å². The molecule has 0 unspecified atom stereocenters. The molecule has 0 fully saturated rings. The van der Waals surface area contributed by atoms with Gasteiger partial charge in [0, 0.05) is 0 Å². The van der Waals surface area contributed by atoms with Gasteiger partial charge in [-0.05, 0) is 0 Å². The zero-order chi connectivity index (χ0) is 15.2. The summed E-state index contributed by atoms with van der Waals surface area (Å²) in [4.78, 5) is 2.99. The van der Waals surface area contributed by atoms with E-state index in [1.165, 1.54) is 35.5 Å². The smallest absolute Gasteiger partial charge is 0.0745 e. The van der Waals surface area contributed by atoms with Crippen LogP contribution in [0.15, 0.2) is 48.6 Å². The van der Waals surface area contributed by atoms with Gasteiger partial charge in [-0.25, -0.2) is 12.2 Å². The molecule has 0 saturated carbocycles. The van der Waals surface area contributed by atoms with E-state index in [9.17, 15) is 0 Å². The van der Waals surface area contributed by atoms with Crippen LogP contribution in [0.3, 0.4) is 0 Å². The normalized spacial score (nSPS) is 9.95. The molecule has 1 aliphatic carbocycles. The fraction of sp³-hybridized carbons (Fsp3) is 0.222. The first-order chi connectivity index (χ1) is 9.70. The molecule has 122 valence electrons. The molecule has 2 aromatic rings. The van der Waals surface area contributed by atoms with Gasteiger partial charge in [0.05, 0.1) is 0 Å². The van der Waals surface area contributed by atoms with E-state index in [0.29, 0.717) is 0 Å². The molecule has 1 aromatic heterocycles. The van der Waals surface area contributed by atoms with Crippen molar-refractivity contribution < 1.29 is 24.2 Å². The molecule has 1 aromatic carbocycles. The van der Waals surface area contributed by atoms with E-state index in [0.717, 1.165) is 11.9 Å². The van der Waals surface area contributed by atoms with Gasteiger partial charge in [-0.15, -0.1) is 55.1 Å². The van der Waals surface area contributed by atoms with Crippen molar-refractivity contribution in [1.29, 1.82) is 0 Å². The predicted molar refractivity (Wildman–Crippen MR) is 101 cm³/mol. The van der Waals surface area contributed by atoms with Crippen molar-refractivity contribution in [3.63, 3.8) is 0 Å². The molecule has 3 rings (SSSR count). The van der Waals surface area contributed by atoms with Crippen LogP contribution >= 0.6 is 24.8 Å². The number of hydrogen-bond acceptors (Lipinski definition) is 0. The average molecular weight is 417 g/mol. The summed E-state index contributed by atoms with van der Waals surface area (Å²) in [5.41, 5.74) is 1.15. The summed E-state index contributed by atoms with van der Waals surface area (Å²) in [6, 6.07) is 10.1. The van der Waals surface area contributed by atoms with Gasteiger partial charge in [0.1, 0.15) is 0 Å². The molecule has 0 bridgehead atoms. The Bertz CT molecular complexity index is 476. The maximum atomic E-state index is 3.34. The van der Waals surface area contributed by atoms with Crippen molar-refractivity contribution in [2.45, 2.75) is 27.2 Å². The van der Waals surface area contributed by atoms with E-state index < -0.39 is 0 Å². The molecular formula is C18H24Cl2NZr-3. The summed E-state index contributed by atoms with van der Waals surface area (Å²) in [6.07, 6.45) is 12.9. The van der Waals surface area contributed by atoms with Gasteiger partial charge in [0.25, 0.3) is 0 Å². The fourth-order valence-electron chi connectivity index (χ4n) is 1.27. The number of hydrogen-bond donors (Lipinski definition) is 1. The van der Waals surface area contributed by atoms with Gasteiger partial charge >= 0.3 is 28.4 Å².